The van der Waals surface area contributed by atoms with Crippen molar-refractivity contribution in [2.75, 3.05) is 37.0 Å². The van der Waals surface area contributed by atoms with Gasteiger partial charge in [-0.05, 0) is 24.6 Å². The van der Waals surface area contributed by atoms with Gasteiger partial charge < -0.3 is 20.3 Å². The van der Waals surface area contributed by atoms with E-state index < -0.39 is 0 Å². The minimum Gasteiger partial charge on any atom is -0.385 e. The average molecular weight is 335 g/mol. The number of carbonyl (C=O) groups is 3. The van der Waals surface area contributed by atoms with Gasteiger partial charge in [-0.2, -0.15) is 0 Å². The predicted molar refractivity (Wildman–Crippen MR) is 92.9 cm³/mol. The Bertz CT molecular complexity index is 575. The zero-order valence-electron chi connectivity index (χ0n) is 14.4. The molecule has 1 aromatic rings. The molecule has 1 rings (SSSR count). The van der Waals surface area contributed by atoms with Crippen molar-refractivity contribution >= 4 is 29.1 Å². The molecule has 0 aliphatic carbocycles. The Morgan fingerprint density at radius 3 is 2.58 bits per heavy atom. The fourth-order valence-corrected chi connectivity index (χ4v) is 2.17. The number of amides is 3. The number of benzene rings is 1. The third-order valence-electron chi connectivity index (χ3n) is 3.27. The monoisotopic (exact) mass is 335 g/mol. The summed E-state index contributed by atoms with van der Waals surface area (Å²) >= 11 is 0. The van der Waals surface area contributed by atoms with E-state index >= 15 is 0 Å². The van der Waals surface area contributed by atoms with Gasteiger partial charge >= 0.3 is 0 Å². The molecule has 0 fully saturated rings. The quantitative estimate of drug-likeness (QED) is 0.670. The molecule has 24 heavy (non-hydrogen) atoms. The summed E-state index contributed by atoms with van der Waals surface area (Å²) in [4.78, 5) is 36.4. The number of nitrogens with zero attached hydrogens (tertiary/aromatic N) is 1. The van der Waals surface area contributed by atoms with Crippen molar-refractivity contribution in [1.29, 1.82) is 0 Å². The summed E-state index contributed by atoms with van der Waals surface area (Å²) in [6.45, 7) is 4.28. The van der Waals surface area contributed by atoms with E-state index in [1.54, 1.807) is 31.4 Å². The van der Waals surface area contributed by atoms with E-state index in [-0.39, 0.29) is 30.7 Å². The summed E-state index contributed by atoms with van der Waals surface area (Å²) < 4.78 is 4.92. The van der Waals surface area contributed by atoms with Crippen molar-refractivity contribution in [2.45, 2.75) is 26.7 Å². The van der Waals surface area contributed by atoms with Crippen LogP contribution in [0.3, 0.4) is 0 Å². The largest absolute Gasteiger partial charge is 0.385 e. The second-order valence-corrected chi connectivity index (χ2v) is 5.35. The Labute approximate surface area is 142 Å². The van der Waals surface area contributed by atoms with Crippen molar-refractivity contribution in [3.05, 3.63) is 24.3 Å². The van der Waals surface area contributed by atoms with Crippen LogP contribution < -0.4 is 15.5 Å². The van der Waals surface area contributed by atoms with Crippen LogP contribution in [0.15, 0.2) is 24.3 Å². The average Bonchev–Trinajstić information content (AvgIpc) is 2.51. The summed E-state index contributed by atoms with van der Waals surface area (Å²) in [5.74, 6) is -0.463. The summed E-state index contributed by atoms with van der Waals surface area (Å²) in [7, 11) is 1.61. The number of rotatable bonds is 9. The van der Waals surface area contributed by atoms with Crippen LogP contribution in [-0.4, -0.2) is 44.5 Å². The molecule has 132 valence electrons. The molecule has 0 aliphatic rings. The Morgan fingerprint density at radius 2 is 1.96 bits per heavy atom. The number of ether oxygens (including phenoxy) is 1. The van der Waals surface area contributed by atoms with Gasteiger partial charge in [-0.1, -0.05) is 6.07 Å². The van der Waals surface area contributed by atoms with Crippen molar-refractivity contribution in [1.82, 2.24) is 5.32 Å². The third kappa shape index (κ3) is 7.23. The van der Waals surface area contributed by atoms with Gasteiger partial charge in [-0.15, -0.1) is 0 Å². The van der Waals surface area contributed by atoms with Gasteiger partial charge in [0.25, 0.3) is 0 Å². The van der Waals surface area contributed by atoms with Gasteiger partial charge in [0.15, 0.2) is 0 Å². The molecule has 0 unspecified atom stereocenters. The van der Waals surface area contributed by atoms with E-state index in [4.69, 9.17) is 4.74 Å². The highest BCUT2D eigenvalue weighted by Crippen LogP contribution is 2.20. The molecule has 7 nitrogen and oxygen atoms in total. The Kier molecular flexibility index (Phi) is 8.49. The molecule has 7 heteroatoms. The lowest BCUT2D eigenvalue weighted by Gasteiger charge is -2.21. The van der Waals surface area contributed by atoms with Gasteiger partial charge in [0.2, 0.25) is 17.7 Å². The normalized spacial score (nSPS) is 10.1. The molecule has 0 aromatic heterocycles. The third-order valence-corrected chi connectivity index (χ3v) is 3.27. The highest BCUT2D eigenvalue weighted by molar-refractivity contribution is 5.94. The summed E-state index contributed by atoms with van der Waals surface area (Å²) in [6, 6.07) is 6.97. The molecule has 0 radical (unpaired) electrons. The van der Waals surface area contributed by atoms with Crippen molar-refractivity contribution in [3.63, 3.8) is 0 Å². The van der Waals surface area contributed by atoms with Gasteiger partial charge in [0.1, 0.15) is 0 Å². The Balaban J connectivity index is 2.62. The molecular formula is C17H25N3O4. The molecule has 0 saturated carbocycles. The second kappa shape index (κ2) is 10.4. The summed E-state index contributed by atoms with van der Waals surface area (Å²) in [5.41, 5.74) is 1.25. The fraction of sp³-hybridized carbons (Fsp3) is 0.471. The molecule has 0 bridgehead atoms. The zero-order valence-corrected chi connectivity index (χ0v) is 14.4. The maximum Gasteiger partial charge on any atom is 0.223 e. The number of hydrogen-bond donors (Lipinski definition) is 2. The minimum absolute atomic E-state index is 0.115. The smallest absolute Gasteiger partial charge is 0.223 e. The molecule has 3 amide bonds. The van der Waals surface area contributed by atoms with Crippen LogP contribution in [0, 0.1) is 0 Å². The van der Waals surface area contributed by atoms with Crippen LogP contribution >= 0.6 is 0 Å². The lowest BCUT2D eigenvalue weighted by atomic mass is 10.2. The summed E-state index contributed by atoms with van der Waals surface area (Å²) in [5, 5.41) is 5.46. The molecule has 0 aliphatic heterocycles. The van der Waals surface area contributed by atoms with Crippen molar-refractivity contribution in [2.24, 2.45) is 0 Å². The SMILES string of the molecule is COCCCNC(=O)CCN(C(C)=O)c1cccc(NC(C)=O)c1. The van der Waals surface area contributed by atoms with Crippen molar-refractivity contribution in [3.8, 4) is 0 Å². The molecule has 1 aromatic carbocycles. The van der Waals surface area contributed by atoms with Crippen LogP contribution in [0.25, 0.3) is 0 Å². The molecule has 0 spiro atoms. The van der Waals surface area contributed by atoms with Crippen LogP contribution in [0.4, 0.5) is 11.4 Å². The van der Waals surface area contributed by atoms with Gasteiger partial charge in [-0.3, -0.25) is 14.4 Å². The molecular weight excluding hydrogens is 310 g/mol. The second-order valence-electron chi connectivity index (χ2n) is 5.35. The molecule has 2 N–H and O–H groups in total. The van der Waals surface area contributed by atoms with Gasteiger partial charge in [-0.25, -0.2) is 0 Å². The number of nitrogens with one attached hydrogen (secondary N) is 2. The van der Waals surface area contributed by atoms with E-state index in [1.807, 2.05) is 0 Å². The van der Waals surface area contributed by atoms with Crippen LogP contribution in [0.2, 0.25) is 0 Å². The first-order chi connectivity index (χ1) is 11.4. The van der Waals surface area contributed by atoms with Gasteiger partial charge in [0, 0.05) is 58.4 Å². The van der Waals surface area contributed by atoms with Crippen LogP contribution in [-0.2, 0) is 19.1 Å². The van der Waals surface area contributed by atoms with E-state index in [2.05, 4.69) is 10.6 Å². The number of methoxy groups -OCH3 is 1. The lowest BCUT2D eigenvalue weighted by Crippen LogP contribution is -2.34. The maximum atomic E-state index is 11.9. The first-order valence-corrected chi connectivity index (χ1v) is 7.85. The van der Waals surface area contributed by atoms with E-state index in [0.717, 1.165) is 6.42 Å². The highest BCUT2D eigenvalue weighted by atomic mass is 16.5. The van der Waals surface area contributed by atoms with Crippen LogP contribution in [0.1, 0.15) is 26.7 Å². The van der Waals surface area contributed by atoms with E-state index in [9.17, 15) is 14.4 Å². The Morgan fingerprint density at radius 1 is 1.21 bits per heavy atom. The van der Waals surface area contributed by atoms with Crippen LogP contribution in [0.5, 0.6) is 0 Å². The molecule has 0 atom stereocenters. The first kappa shape index (κ1) is 19.6. The fourth-order valence-electron chi connectivity index (χ4n) is 2.17. The predicted octanol–water partition coefficient (Wildman–Crippen LogP) is 1.54. The first-order valence-electron chi connectivity index (χ1n) is 7.85. The highest BCUT2D eigenvalue weighted by Gasteiger charge is 2.14. The maximum absolute atomic E-state index is 11.9. The summed E-state index contributed by atoms with van der Waals surface area (Å²) in [6.07, 6.45) is 0.953. The lowest BCUT2D eigenvalue weighted by molar-refractivity contribution is -0.121. The topological polar surface area (TPSA) is 87.7 Å². The van der Waals surface area contributed by atoms with Crippen molar-refractivity contribution < 1.29 is 19.1 Å². The zero-order chi connectivity index (χ0) is 17.9. The van der Waals surface area contributed by atoms with Gasteiger partial charge in [0.05, 0.1) is 0 Å². The minimum atomic E-state index is -0.183. The van der Waals surface area contributed by atoms with E-state index in [1.165, 1.54) is 18.7 Å². The molecule has 0 saturated heterocycles. The number of carbonyl (C=O) groups excluding carboxylic acids is 3. The molecule has 0 heterocycles. The Hall–Kier alpha value is -2.41. The standard InChI is InChI=1S/C17H25N3O4/c1-13(21)19-15-6-4-7-16(12-15)20(14(2)22)10-8-17(23)18-9-5-11-24-3/h4,6-7,12H,5,8-11H2,1-3H3,(H,18,23)(H,19,21). The van der Waals surface area contributed by atoms with E-state index in [0.29, 0.717) is 24.5 Å². The number of hydrogen-bond acceptors (Lipinski definition) is 4. The number of anilines is 2.